The van der Waals surface area contributed by atoms with Crippen LogP contribution in [0.2, 0.25) is 0 Å². The van der Waals surface area contributed by atoms with Crippen LogP contribution in [-0.2, 0) is 9.53 Å². The summed E-state index contributed by atoms with van der Waals surface area (Å²) in [7, 11) is 1.60. The van der Waals surface area contributed by atoms with Crippen molar-refractivity contribution in [3.05, 3.63) is 12.7 Å². The molecule has 1 fully saturated rings. The van der Waals surface area contributed by atoms with Crippen molar-refractivity contribution in [3.63, 3.8) is 0 Å². The van der Waals surface area contributed by atoms with Crippen LogP contribution in [0.15, 0.2) is 12.7 Å². The van der Waals surface area contributed by atoms with Crippen LogP contribution in [0.4, 0.5) is 4.79 Å². The summed E-state index contributed by atoms with van der Waals surface area (Å²) in [6, 6.07) is -0.0146. The first-order valence-corrected chi connectivity index (χ1v) is 7.47. The first kappa shape index (κ1) is 17.5. The fourth-order valence-corrected chi connectivity index (χ4v) is 2.65. The van der Waals surface area contributed by atoms with Gasteiger partial charge in [-0.05, 0) is 25.7 Å². The van der Waals surface area contributed by atoms with Gasteiger partial charge in [0.1, 0.15) is 0 Å². The molecule has 0 aromatic rings. The van der Waals surface area contributed by atoms with E-state index in [0.717, 1.165) is 19.3 Å². The second-order valence-electron chi connectivity index (χ2n) is 5.29. The summed E-state index contributed by atoms with van der Waals surface area (Å²) >= 11 is 0. The molecular weight excluding hydrogens is 272 g/mol. The Labute approximate surface area is 126 Å². The molecule has 0 bridgehead atoms. The average Bonchev–Trinajstić information content (AvgIpc) is 2.49. The van der Waals surface area contributed by atoms with Crippen LogP contribution in [0.1, 0.15) is 32.1 Å². The second kappa shape index (κ2) is 9.39. The van der Waals surface area contributed by atoms with Crippen LogP contribution in [0, 0.1) is 0 Å². The molecule has 1 heterocycles. The van der Waals surface area contributed by atoms with E-state index in [9.17, 15) is 9.59 Å². The minimum Gasteiger partial charge on any atom is -0.481 e. The van der Waals surface area contributed by atoms with Gasteiger partial charge in [-0.2, -0.15) is 0 Å². The summed E-state index contributed by atoms with van der Waals surface area (Å²) in [4.78, 5) is 26.9. The zero-order valence-electron chi connectivity index (χ0n) is 12.8. The van der Waals surface area contributed by atoms with Crippen molar-refractivity contribution in [2.24, 2.45) is 0 Å². The number of amides is 2. The lowest BCUT2D eigenvalue weighted by molar-refractivity contribution is -0.137. The number of carboxylic acid groups (broad SMARTS) is 1. The van der Waals surface area contributed by atoms with E-state index in [-0.39, 0.29) is 18.5 Å². The van der Waals surface area contributed by atoms with E-state index in [2.05, 4.69) is 6.58 Å². The Morgan fingerprint density at radius 1 is 1.48 bits per heavy atom. The van der Waals surface area contributed by atoms with Gasteiger partial charge in [-0.25, -0.2) is 4.79 Å². The number of hydrogen-bond acceptors (Lipinski definition) is 3. The van der Waals surface area contributed by atoms with Gasteiger partial charge in [-0.1, -0.05) is 6.08 Å². The highest BCUT2D eigenvalue weighted by Crippen LogP contribution is 2.22. The summed E-state index contributed by atoms with van der Waals surface area (Å²) < 4.78 is 5.04. The summed E-state index contributed by atoms with van der Waals surface area (Å²) in [5.41, 5.74) is 0. The average molecular weight is 298 g/mol. The molecule has 120 valence electrons. The summed E-state index contributed by atoms with van der Waals surface area (Å²) in [5.74, 6) is -0.810. The van der Waals surface area contributed by atoms with Crippen molar-refractivity contribution in [2.45, 2.75) is 38.1 Å². The maximum Gasteiger partial charge on any atom is 0.320 e. The third kappa shape index (κ3) is 5.75. The molecule has 6 nitrogen and oxygen atoms in total. The van der Waals surface area contributed by atoms with Crippen LogP contribution >= 0.6 is 0 Å². The number of carboxylic acids is 1. The highest BCUT2D eigenvalue weighted by atomic mass is 16.5. The van der Waals surface area contributed by atoms with Gasteiger partial charge >= 0.3 is 12.0 Å². The molecule has 0 aromatic carbocycles. The lowest BCUT2D eigenvalue weighted by Crippen LogP contribution is -2.51. The Kier molecular flexibility index (Phi) is 7.82. The van der Waals surface area contributed by atoms with E-state index in [4.69, 9.17) is 9.84 Å². The lowest BCUT2D eigenvalue weighted by atomic mass is 9.98. The summed E-state index contributed by atoms with van der Waals surface area (Å²) in [6.45, 7) is 5.86. The Hall–Kier alpha value is -1.56. The van der Waals surface area contributed by atoms with Crippen LogP contribution < -0.4 is 0 Å². The number of ether oxygens (including phenoxy) is 1. The van der Waals surface area contributed by atoms with Gasteiger partial charge in [0.15, 0.2) is 0 Å². The molecule has 0 aromatic heterocycles. The Balaban J connectivity index is 2.68. The topological polar surface area (TPSA) is 70.1 Å². The SMILES string of the molecule is C=CCN(CCOC)C(=O)N1CCCCC1CCC(=O)O. The fraction of sp³-hybridized carbons (Fsp3) is 0.733. The van der Waals surface area contributed by atoms with Gasteiger partial charge in [0.05, 0.1) is 6.61 Å². The maximum absolute atomic E-state index is 12.7. The highest BCUT2D eigenvalue weighted by molar-refractivity contribution is 5.75. The number of aliphatic carboxylic acids is 1. The van der Waals surface area contributed by atoms with Gasteiger partial charge in [0.25, 0.3) is 0 Å². The van der Waals surface area contributed by atoms with Crippen molar-refractivity contribution in [3.8, 4) is 0 Å². The smallest absolute Gasteiger partial charge is 0.320 e. The number of nitrogens with zero attached hydrogens (tertiary/aromatic N) is 2. The third-order valence-electron chi connectivity index (χ3n) is 3.75. The van der Waals surface area contributed by atoms with E-state index in [0.29, 0.717) is 32.7 Å². The maximum atomic E-state index is 12.7. The van der Waals surface area contributed by atoms with E-state index in [1.807, 2.05) is 4.90 Å². The Morgan fingerprint density at radius 3 is 2.86 bits per heavy atom. The van der Waals surface area contributed by atoms with E-state index >= 15 is 0 Å². The summed E-state index contributed by atoms with van der Waals surface area (Å²) in [6.07, 6.45) is 5.23. The first-order valence-electron chi connectivity index (χ1n) is 7.47. The zero-order chi connectivity index (χ0) is 15.7. The molecular formula is C15H26N2O4. The second-order valence-corrected chi connectivity index (χ2v) is 5.29. The zero-order valence-corrected chi connectivity index (χ0v) is 12.8. The number of likely N-dealkylation sites (tertiary alicyclic amines) is 1. The molecule has 1 saturated heterocycles. The molecule has 1 aliphatic rings. The van der Waals surface area contributed by atoms with E-state index < -0.39 is 5.97 Å². The number of carbonyl (C=O) groups is 2. The minimum atomic E-state index is -0.810. The van der Waals surface area contributed by atoms with Gasteiger partial charge in [-0.15, -0.1) is 6.58 Å². The van der Waals surface area contributed by atoms with Crippen LogP contribution in [-0.4, -0.2) is 66.3 Å². The molecule has 1 aliphatic heterocycles. The normalized spacial score (nSPS) is 18.3. The number of carbonyl (C=O) groups excluding carboxylic acids is 1. The summed E-state index contributed by atoms with van der Waals surface area (Å²) in [5, 5.41) is 8.83. The monoisotopic (exact) mass is 298 g/mol. The van der Waals surface area contributed by atoms with Gasteiger partial charge in [0, 0.05) is 39.2 Å². The van der Waals surface area contributed by atoms with Gasteiger partial charge in [0.2, 0.25) is 0 Å². The van der Waals surface area contributed by atoms with Crippen molar-refractivity contribution in [1.82, 2.24) is 9.80 Å². The van der Waals surface area contributed by atoms with Crippen LogP contribution in [0.5, 0.6) is 0 Å². The van der Waals surface area contributed by atoms with Gasteiger partial charge in [-0.3, -0.25) is 4.79 Å². The standard InChI is InChI=1S/C15H26N2O4/c1-3-9-16(11-12-21-2)15(20)17-10-5-4-6-13(17)7-8-14(18)19/h3,13H,1,4-12H2,2H3,(H,18,19). The molecule has 1 unspecified atom stereocenters. The Bertz CT molecular complexity index is 360. The van der Waals surface area contributed by atoms with Crippen molar-refractivity contribution < 1.29 is 19.4 Å². The quantitative estimate of drug-likeness (QED) is 0.695. The fourth-order valence-electron chi connectivity index (χ4n) is 2.65. The van der Waals surface area contributed by atoms with Gasteiger partial charge < -0.3 is 19.6 Å². The van der Waals surface area contributed by atoms with Crippen molar-refractivity contribution >= 4 is 12.0 Å². The lowest BCUT2D eigenvalue weighted by Gasteiger charge is -2.38. The van der Waals surface area contributed by atoms with E-state index in [1.165, 1.54) is 0 Å². The largest absolute Gasteiger partial charge is 0.481 e. The number of methoxy groups -OCH3 is 1. The minimum absolute atomic E-state index is 0.0252. The molecule has 1 rings (SSSR count). The first-order chi connectivity index (χ1) is 10.1. The third-order valence-corrected chi connectivity index (χ3v) is 3.75. The molecule has 1 atom stereocenters. The van der Waals surface area contributed by atoms with Crippen molar-refractivity contribution in [1.29, 1.82) is 0 Å². The molecule has 0 saturated carbocycles. The molecule has 0 radical (unpaired) electrons. The number of hydrogen-bond donors (Lipinski definition) is 1. The Morgan fingerprint density at radius 2 is 2.24 bits per heavy atom. The molecule has 0 aliphatic carbocycles. The number of rotatable bonds is 8. The van der Waals surface area contributed by atoms with Crippen LogP contribution in [0.25, 0.3) is 0 Å². The molecule has 2 amide bonds. The number of piperidine rings is 1. The predicted molar refractivity (Wildman–Crippen MR) is 80.3 cm³/mol. The molecule has 6 heteroatoms. The van der Waals surface area contributed by atoms with E-state index in [1.54, 1.807) is 18.1 Å². The van der Waals surface area contributed by atoms with Crippen molar-refractivity contribution in [2.75, 3.05) is 33.4 Å². The highest BCUT2D eigenvalue weighted by Gasteiger charge is 2.29. The molecule has 0 spiro atoms. The van der Waals surface area contributed by atoms with Crippen LogP contribution in [0.3, 0.4) is 0 Å². The molecule has 1 N–H and O–H groups in total. The number of urea groups is 1. The molecule has 21 heavy (non-hydrogen) atoms. The predicted octanol–water partition coefficient (Wildman–Crippen LogP) is 1.96.